The molecule has 0 aromatic rings. The minimum Gasteiger partial charge on any atom is -0.0879 e. The van der Waals surface area contributed by atoms with Crippen LogP contribution in [0.3, 0.4) is 0 Å². The molecular weight excluding hydrogens is 204 g/mol. The average molecular weight is 226 g/mol. The molecule has 0 N–H and O–H groups in total. The van der Waals surface area contributed by atoms with Crippen molar-refractivity contribution in [3.63, 3.8) is 0 Å². The van der Waals surface area contributed by atoms with E-state index in [2.05, 4.69) is 38.2 Å². The van der Waals surface area contributed by atoms with Gasteiger partial charge < -0.3 is 0 Å². The number of hydrogen-bond acceptors (Lipinski definition) is 0. The molecule has 0 saturated heterocycles. The normalized spacial score (nSPS) is 32.4. The Morgan fingerprint density at radius 2 is 1.65 bits per heavy atom. The van der Waals surface area contributed by atoms with Crippen LogP contribution in [0.25, 0.3) is 0 Å². The Bertz CT molecular complexity index is 443. The fourth-order valence-electron chi connectivity index (χ4n) is 3.67. The summed E-state index contributed by atoms with van der Waals surface area (Å²) in [5.41, 5.74) is 6.58. The van der Waals surface area contributed by atoms with Crippen LogP contribution < -0.4 is 0 Å². The van der Waals surface area contributed by atoms with E-state index >= 15 is 0 Å². The monoisotopic (exact) mass is 226 g/mol. The molecule has 0 aromatic carbocycles. The molecule has 3 aliphatic rings. The van der Waals surface area contributed by atoms with Crippen molar-refractivity contribution in [2.24, 2.45) is 11.8 Å². The van der Waals surface area contributed by atoms with Gasteiger partial charge >= 0.3 is 0 Å². The van der Waals surface area contributed by atoms with Gasteiger partial charge in [-0.1, -0.05) is 35.5 Å². The third kappa shape index (κ3) is 1.84. The summed E-state index contributed by atoms with van der Waals surface area (Å²) >= 11 is 0. The van der Waals surface area contributed by atoms with E-state index in [1.165, 1.54) is 32.1 Å². The first-order valence-electron chi connectivity index (χ1n) is 6.99. The second kappa shape index (κ2) is 4.33. The molecule has 2 atom stereocenters. The van der Waals surface area contributed by atoms with Crippen molar-refractivity contribution in [1.29, 1.82) is 0 Å². The minimum atomic E-state index is 0.781. The molecule has 90 valence electrons. The Morgan fingerprint density at radius 3 is 2.41 bits per heavy atom. The summed E-state index contributed by atoms with van der Waals surface area (Å²) in [6.45, 7) is 4.75. The van der Waals surface area contributed by atoms with Crippen LogP contribution in [0.4, 0.5) is 0 Å². The van der Waals surface area contributed by atoms with Gasteiger partial charge in [0, 0.05) is 0 Å². The average Bonchev–Trinajstić information content (AvgIpc) is 2.66. The molecular formula is C17H22. The van der Waals surface area contributed by atoms with Crippen LogP contribution in [0.15, 0.2) is 46.6 Å². The van der Waals surface area contributed by atoms with Crippen LogP contribution in [0, 0.1) is 11.8 Å². The van der Waals surface area contributed by atoms with E-state index in [4.69, 9.17) is 0 Å². The smallest absolute Gasteiger partial charge is 0.0157 e. The van der Waals surface area contributed by atoms with E-state index in [9.17, 15) is 0 Å². The summed E-state index contributed by atoms with van der Waals surface area (Å²) in [5.74, 6) is 1.58. The van der Waals surface area contributed by atoms with Gasteiger partial charge in [-0.15, -0.1) is 0 Å². The molecule has 2 bridgehead atoms. The number of rotatable bonds is 0. The van der Waals surface area contributed by atoms with Crippen LogP contribution in [-0.4, -0.2) is 0 Å². The molecule has 17 heavy (non-hydrogen) atoms. The van der Waals surface area contributed by atoms with E-state index in [0.29, 0.717) is 0 Å². The second-order valence-electron chi connectivity index (χ2n) is 5.77. The maximum Gasteiger partial charge on any atom is -0.0157 e. The summed E-state index contributed by atoms with van der Waals surface area (Å²) < 4.78 is 0. The lowest BCUT2D eigenvalue weighted by molar-refractivity contribution is 0.470. The molecule has 3 rings (SSSR count). The highest BCUT2D eigenvalue weighted by Crippen LogP contribution is 2.43. The molecule has 2 unspecified atom stereocenters. The van der Waals surface area contributed by atoms with Gasteiger partial charge in [0.15, 0.2) is 0 Å². The van der Waals surface area contributed by atoms with Crippen LogP contribution in [0.5, 0.6) is 0 Å². The lowest BCUT2D eigenvalue weighted by Gasteiger charge is -2.20. The van der Waals surface area contributed by atoms with Crippen molar-refractivity contribution >= 4 is 0 Å². The van der Waals surface area contributed by atoms with E-state index in [1.54, 1.807) is 22.3 Å². The maximum absolute atomic E-state index is 2.41. The molecule has 0 heteroatoms. The SMILES string of the molecule is CC1=C2C=CCCC2=C(C)C2CC=CCC1C2. The zero-order chi connectivity index (χ0) is 11.8. The van der Waals surface area contributed by atoms with E-state index in [1.807, 2.05) is 0 Å². The van der Waals surface area contributed by atoms with Gasteiger partial charge in [0.25, 0.3) is 0 Å². The van der Waals surface area contributed by atoms with Gasteiger partial charge in [-0.2, -0.15) is 0 Å². The first-order chi connectivity index (χ1) is 8.27. The van der Waals surface area contributed by atoms with Crippen LogP contribution in [0.2, 0.25) is 0 Å². The standard InChI is InChI=1S/C17H22/c1-12-14-7-3-4-8-15(11-14)13(2)17-10-6-5-9-16(12)17/h3-5,9,14-15H,6-8,10-11H2,1-2H3. The number of hydrogen-bond donors (Lipinski definition) is 0. The van der Waals surface area contributed by atoms with E-state index in [0.717, 1.165) is 11.8 Å². The molecule has 0 aliphatic heterocycles. The summed E-state index contributed by atoms with van der Waals surface area (Å²) in [7, 11) is 0. The zero-order valence-electron chi connectivity index (χ0n) is 11.0. The Kier molecular flexibility index (Phi) is 2.82. The molecule has 0 amide bonds. The molecule has 0 spiro atoms. The van der Waals surface area contributed by atoms with Gasteiger partial charge in [0.1, 0.15) is 0 Å². The van der Waals surface area contributed by atoms with Crippen molar-refractivity contribution in [2.45, 2.75) is 46.0 Å². The predicted molar refractivity (Wildman–Crippen MR) is 73.7 cm³/mol. The third-order valence-electron chi connectivity index (χ3n) is 4.87. The topological polar surface area (TPSA) is 0 Å². The minimum absolute atomic E-state index is 0.781. The van der Waals surface area contributed by atoms with Gasteiger partial charge in [-0.25, -0.2) is 0 Å². The first kappa shape index (κ1) is 11.1. The summed E-state index contributed by atoms with van der Waals surface area (Å²) in [4.78, 5) is 0. The highest BCUT2D eigenvalue weighted by molar-refractivity contribution is 5.50. The lowest BCUT2D eigenvalue weighted by Crippen LogP contribution is -2.07. The van der Waals surface area contributed by atoms with Crippen molar-refractivity contribution in [3.8, 4) is 0 Å². The maximum atomic E-state index is 2.41. The first-order valence-corrected chi connectivity index (χ1v) is 6.99. The van der Waals surface area contributed by atoms with Gasteiger partial charge in [-0.05, 0) is 68.9 Å². The molecule has 0 fully saturated rings. The van der Waals surface area contributed by atoms with E-state index < -0.39 is 0 Å². The van der Waals surface area contributed by atoms with Gasteiger partial charge in [-0.3, -0.25) is 0 Å². The predicted octanol–water partition coefficient (Wildman–Crippen LogP) is 4.96. The highest BCUT2D eigenvalue weighted by Gasteiger charge is 2.28. The van der Waals surface area contributed by atoms with Crippen LogP contribution >= 0.6 is 0 Å². The Labute approximate surface area is 105 Å². The second-order valence-corrected chi connectivity index (χ2v) is 5.77. The fourth-order valence-corrected chi connectivity index (χ4v) is 3.67. The lowest BCUT2D eigenvalue weighted by atomic mass is 9.85. The quantitative estimate of drug-likeness (QED) is 0.512. The Hall–Kier alpha value is -1.04. The summed E-state index contributed by atoms with van der Waals surface area (Å²) in [5, 5.41) is 0. The fraction of sp³-hybridized carbons (Fsp3) is 0.529. The molecule has 3 aliphatic carbocycles. The number of fused-ring (bicyclic) bond motifs is 3. The Morgan fingerprint density at radius 1 is 0.941 bits per heavy atom. The highest BCUT2D eigenvalue weighted by atomic mass is 14.3. The molecule has 0 nitrogen and oxygen atoms in total. The molecule has 0 radical (unpaired) electrons. The number of allylic oxidation sites excluding steroid dienone is 8. The van der Waals surface area contributed by atoms with Crippen molar-refractivity contribution in [3.05, 3.63) is 46.6 Å². The largest absolute Gasteiger partial charge is 0.0879 e. The molecule has 0 heterocycles. The third-order valence-corrected chi connectivity index (χ3v) is 4.87. The van der Waals surface area contributed by atoms with Gasteiger partial charge in [0.05, 0.1) is 0 Å². The van der Waals surface area contributed by atoms with Crippen molar-refractivity contribution < 1.29 is 0 Å². The van der Waals surface area contributed by atoms with E-state index in [-0.39, 0.29) is 0 Å². The van der Waals surface area contributed by atoms with Gasteiger partial charge in [0.2, 0.25) is 0 Å². The Balaban J connectivity index is 2.15. The molecule has 0 saturated carbocycles. The van der Waals surface area contributed by atoms with Crippen LogP contribution in [-0.2, 0) is 0 Å². The van der Waals surface area contributed by atoms with Crippen molar-refractivity contribution in [1.82, 2.24) is 0 Å². The zero-order valence-corrected chi connectivity index (χ0v) is 11.0. The summed E-state index contributed by atoms with van der Waals surface area (Å²) in [6.07, 6.45) is 15.9. The van der Waals surface area contributed by atoms with Crippen molar-refractivity contribution in [2.75, 3.05) is 0 Å². The van der Waals surface area contributed by atoms with Crippen LogP contribution in [0.1, 0.15) is 46.0 Å². The molecule has 0 aromatic heterocycles. The summed E-state index contributed by atoms with van der Waals surface area (Å²) in [6, 6.07) is 0.